The average molecular weight is 612 g/mol. The van der Waals surface area contributed by atoms with Crippen molar-refractivity contribution in [1.29, 1.82) is 0 Å². The van der Waals surface area contributed by atoms with Crippen molar-refractivity contribution in [2.24, 2.45) is 0 Å². The van der Waals surface area contributed by atoms with Gasteiger partial charge in [-0.3, -0.25) is 9.69 Å². The zero-order chi connectivity index (χ0) is 31.4. The van der Waals surface area contributed by atoms with Gasteiger partial charge in [-0.1, -0.05) is 35.9 Å². The van der Waals surface area contributed by atoms with Gasteiger partial charge in [0.2, 0.25) is 11.8 Å². The SMILES string of the molecule is COc1ccc(C(CC(=O)Nc2cccc(F)c2CCC2COC(C)(C)N2C(=O)OC(C)(C)C)c2ccc(Cl)cc2)cn1. The van der Waals surface area contributed by atoms with Crippen LogP contribution in [0.25, 0.3) is 0 Å². The standard InChI is InChI=1S/C33H39ClFN3O5/c1-32(2,3)43-31(40)38-24(20-42-33(38,4)5)15-16-25-27(35)8-7-9-28(25)37-29(39)18-26(21-10-13-23(34)14-11-21)22-12-17-30(41-6)36-19-22/h7-14,17,19,24,26H,15-16,18,20H2,1-6H3,(H,37,39). The van der Waals surface area contributed by atoms with E-state index in [0.717, 1.165) is 11.1 Å². The van der Waals surface area contributed by atoms with Crippen LogP contribution in [0.4, 0.5) is 14.9 Å². The van der Waals surface area contributed by atoms with Crippen molar-refractivity contribution >= 4 is 29.3 Å². The van der Waals surface area contributed by atoms with Crippen molar-refractivity contribution < 1.29 is 28.2 Å². The van der Waals surface area contributed by atoms with Crippen LogP contribution >= 0.6 is 11.6 Å². The number of hydrogen-bond acceptors (Lipinski definition) is 6. The number of rotatable bonds is 9. The molecule has 10 heteroatoms. The summed E-state index contributed by atoms with van der Waals surface area (Å²) in [6.07, 6.45) is 1.97. The van der Waals surface area contributed by atoms with E-state index in [1.54, 1.807) is 83.2 Å². The minimum atomic E-state index is -0.869. The van der Waals surface area contributed by atoms with Gasteiger partial charge < -0.3 is 19.5 Å². The number of methoxy groups -OCH3 is 1. The van der Waals surface area contributed by atoms with E-state index in [2.05, 4.69) is 10.3 Å². The third-order valence-electron chi connectivity index (χ3n) is 7.32. The fourth-order valence-corrected chi connectivity index (χ4v) is 5.37. The first-order valence-corrected chi connectivity index (χ1v) is 14.6. The lowest BCUT2D eigenvalue weighted by Crippen LogP contribution is -2.50. The fraction of sp³-hybridized carbons (Fsp3) is 0.424. The minimum Gasteiger partial charge on any atom is -0.481 e. The largest absolute Gasteiger partial charge is 0.481 e. The third-order valence-corrected chi connectivity index (χ3v) is 7.57. The summed E-state index contributed by atoms with van der Waals surface area (Å²) in [5.41, 5.74) is 0.913. The minimum absolute atomic E-state index is 0.0860. The quantitative estimate of drug-likeness (QED) is 0.272. The first-order chi connectivity index (χ1) is 20.3. The Balaban J connectivity index is 1.51. The van der Waals surface area contributed by atoms with E-state index >= 15 is 4.39 Å². The van der Waals surface area contributed by atoms with Crippen LogP contribution in [0.5, 0.6) is 5.88 Å². The van der Waals surface area contributed by atoms with Crippen LogP contribution in [0.3, 0.4) is 0 Å². The van der Waals surface area contributed by atoms with Crippen molar-refractivity contribution in [1.82, 2.24) is 9.88 Å². The maximum Gasteiger partial charge on any atom is 0.412 e. The van der Waals surface area contributed by atoms with E-state index in [-0.39, 0.29) is 30.7 Å². The van der Waals surface area contributed by atoms with Gasteiger partial charge in [-0.15, -0.1) is 0 Å². The molecule has 1 saturated heterocycles. The summed E-state index contributed by atoms with van der Waals surface area (Å²) in [7, 11) is 1.54. The van der Waals surface area contributed by atoms with Gasteiger partial charge in [-0.25, -0.2) is 14.2 Å². The predicted octanol–water partition coefficient (Wildman–Crippen LogP) is 7.35. The molecule has 0 bridgehead atoms. The number of pyridine rings is 1. The maximum absolute atomic E-state index is 15.2. The highest BCUT2D eigenvalue weighted by atomic mass is 35.5. The number of carbonyl (C=O) groups excluding carboxylic acids is 2. The van der Waals surface area contributed by atoms with Gasteiger partial charge in [0.25, 0.3) is 0 Å². The van der Waals surface area contributed by atoms with Crippen molar-refractivity contribution in [3.05, 3.63) is 88.3 Å². The molecule has 1 aromatic heterocycles. The number of nitrogens with zero attached hydrogens (tertiary/aromatic N) is 2. The van der Waals surface area contributed by atoms with E-state index in [1.807, 2.05) is 18.2 Å². The Kier molecular flexibility index (Phi) is 9.97. The lowest BCUT2D eigenvalue weighted by molar-refractivity contribution is -0.116. The summed E-state index contributed by atoms with van der Waals surface area (Å²) in [6.45, 7) is 9.33. The molecule has 0 saturated carbocycles. The molecule has 1 aliphatic heterocycles. The van der Waals surface area contributed by atoms with E-state index in [1.165, 1.54) is 6.07 Å². The summed E-state index contributed by atoms with van der Waals surface area (Å²) in [4.78, 5) is 32.4. The topological polar surface area (TPSA) is 90.0 Å². The number of benzene rings is 2. The Bertz CT molecular complexity index is 1420. The molecule has 0 spiro atoms. The van der Waals surface area contributed by atoms with Crippen molar-refractivity contribution in [2.45, 2.75) is 77.2 Å². The van der Waals surface area contributed by atoms with Gasteiger partial charge in [0.05, 0.1) is 19.8 Å². The van der Waals surface area contributed by atoms with Gasteiger partial charge in [-0.2, -0.15) is 0 Å². The second-order valence-electron chi connectivity index (χ2n) is 12.1. The summed E-state index contributed by atoms with van der Waals surface area (Å²) < 4.78 is 31.9. The maximum atomic E-state index is 15.2. The molecule has 2 unspecified atom stereocenters. The molecule has 1 fully saturated rings. The van der Waals surface area contributed by atoms with Crippen LogP contribution in [-0.2, 0) is 20.7 Å². The number of hydrogen-bond donors (Lipinski definition) is 1. The number of ether oxygens (including phenoxy) is 3. The first kappa shape index (κ1) is 32.2. The van der Waals surface area contributed by atoms with Crippen LogP contribution in [0.1, 0.15) is 70.1 Å². The molecule has 1 aliphatic rings. The smallest absolute Gasteiger partial charge is 0.412 e. The van der Waals surface area contributed by atoms with Crippen LogP contribution < -0.4 is 10.1 Å². The normalized spacial score (nSPS) is 16.9. The molecule has 4 rings (SSSR count). The molecular formula is C33H39ClFN3O5. The fourth-order valence-electron chi connectivity index (χ4n) is 5.25. The average Bonchev–Trinajstić information content (AvgIpc) is 3.25. The number of aromatic nitrogens is 1. The first-order valence-electron chi connectivity index (χ1n) is 14.3. The predicted molar refractivity (Wildman–Crippen MR) is 164 cm³/mol. The molecule has 2 amide bonds. The Labute approximate surface area is 257 Å². The van der Waals surface area contributed by atoms with Gasteiger partial charge in [-0.05, 0) is 82.9 Å². The molecule has 8 nitrogen and oxygen atoms in total. The zero-order valence-electron chi connectivity index (χ0n) is 25.4. The lowest BCUT2D eigenvalue weighted by atomic mass is 9.89. The van der Waals surface area contributed by atoms with E-state index in [4.69, 9.17) is 25.8 Å². The monoisotopic (exact) mass is 611 g/mol. The molecule has 2 heterocycles. The number of anilines is 1. The molecule has 2 aromatic carbocycles. The molecule has 1 N–H and O–H groups in total. The Morgan fingerprint density at radius 2 is 1.84 bits per heavy atom. The Morgan fingerprint density at radius 3 is 2.47 bits per heavy atom. The lowest BCUT2D eigenvalue weighted by Gasteiger charge is -2.35. The Morgan fingerprint density at radius 1 is 1.14 bits per heavy atom. The van der Waals surface area contributed by atoms with Gasteiger partial charge in [0, 0.05) is 40.9 Å². The summed E-state index contributed by atoms with van der Waals surface area (Å²) in [6, 6.07) is 15.2. The molecule has 43 heavy (non-hydrogen) atoms. The van der Waals surface area contributed by atoms with Crippen LogP contribution in [0.2, 0.25) is 5.02 Å². The number of nitrogens with one attached hydrogen (secondary N) is 1. The number of halogens is 2. The van der Waals surface area contributed by atoms with Crippen molar-refractivity contribution in [3.8, 4) is 5.88 Å². The van der Waals surface area contributed by atoms with Gasteiger partial charge >= 0.3 is 6.09 Å². The summed E-state index contributed by atoms with van der Waals surface area (Å²) >= 11 is 6.11. The van der Waals surface area contributed by atoms with Gasteiger partial charge in [0.15, 0.2) is 0 Å². The highest BCUT2D eigenvalue weighted by molar-refractivity contribution is 6.30. The van der Waals surface area contributed by atoms with Crippen molar-refractivity contribution in [2.75, 3.05) is 19.0 Å². The molecular weight excluding hydrogens is 573 g/mol. The number of carbonyl (C=O) groups is 2. The molecule has 2 atom stereocenters. The zero-order valence-corrected chi connectivity index (χ0v) is 26.2. The second kappa shape index (κ2) is 13.3. The van der Waals surface area contributed by atoms with E-state index in [0.29, 0.717) is 35.2 Å². The van der Waals surface area contributed by atoms with Crippen LogP contribution in [0, 0.1) is 5.82 Å². The highest BCUT2D eigenvalue weighted by Gasteiger charge is 2.45. The number of amides is 2. The molecule has 0 radical (unpaired) electrons. The highest BCUT2D eigenvalue weighted by Crippen LogP contribution is 2.34. The van der Waals surface area contributed by atoms with Gasteiger partial charge in [0.1, 0.15) is 17.1 Å². The Hall–Kier alpha value is -3.69. The molecule has 230 valence electrons. The van der Waals surface area contributed by atoms with Crippen LogP contribution in [0.15, 0.2) is 60.8 Å². The van der Waals surface area contributed by atoms with Crippen molar-refractivity contribution in [3.63, 3.8) is 0 Å². The molecule has 0 aliphatic carbocycles. The van der Waals surface area contributed by atoms with E-state index in [9.17, 15) is 9.59 Å². The third kappa shape index (κ3) is 8.24. The van der Waals surface area contributed by atoms with E-state index < -0.39 is 23.2 Å². The summed E-state index contributed by atoms with van der Waals surface area (Å²) in [5, 5.41) is 3.51. The second-order valence-corrected chi connectivity index (χ2v) is 12.5. The van der Waals surface area contributed by atoms with Crippen LogP contribution in [-0.4, -0.2) is 53.0 Å². The summed E-state index contributed by atoms with van der Waals surface area (Å²) in [5.74, 6) is -0.585. The molecule has 3 aromatic rings.